The molecule has 0 aromatic heterocycles. The number of hydrogen-bond donors (Lipinski definition) is 1. The van der Waals surface area contributed by atoms with Crippen LogP contribution in [0.5, 0.6) is 5.75 Å². The molecule has 6 nitrogen and oxygen atoms in total. The molecule has 4 rings (SSSR count). The van der Waals surface area contributed by atoms with Gasteiger partial charge >= 0.3 is 0 Å². The zero-order valence-electron chi connectivity index (χ0n) is 14.2. The molecule has 26 heavy (non-hydrogen) atoms. The molecule has 0 aliphatic carbocycles. The third-order valence-electron chi connectivity index (χ3n) is 4.66. The van der Waals surface area contributed by atoms with E-state index < -0.39 is 0 Å². The Morgan fingerprint density at radius 1 is 1.00 bits per heavy atom. The van der Waals surface area contributed by atoms with E-state index in [-0.39, 0.29) is 24.3 Å². The van der Waals surface area contributed by atoms with Crippen molar-refractivity contribution in [3.05, 3.63) is 59.2 Å². The normalized spacial score (nSPS) is 15.8. The first-order valence-corrected chi connectivity index (χ1v) is 8.59. The molecule has 0 radical (unpaired) electrons. The molecular weight excluding hydrogens is 332 g/mol. The lowest BCUT2D eigenvalue weighted by Crippen LogP contribution is -2.28. The maximum Gasteiger partial charge on any atom is 0.255 e. The lowest BCUT2D eigenvalue weighted by Gasteiger charge is -2.14. The maximum atomic E-state index is 12.4. The Labute approximate surface area is 150 Å². The summed E-state index contributed by atoms with van der Waals surface area (Å²) in [6.45, 7) is 0.931. The van der Waals surface area contributed by atoms with Gasteiger partial charge in [0.05, 0.1) is 13.2 Å². The Hall–Kier alpha value is -3.15. The molecule has 132 valence electrons. The molecule has 1 saturated heterocycles. The number of likely N-dealkylation sites (tertiary alicyclic amines) is 1. The van der Waals surface area contributed by atoms with E-state index in [0.717, 1.165) is 23.3 Å². The van der Waals surface area contributed by atoms with Crippen LogP contribution < -0.4 is 10.1 Å². The van der Waals surface area contributed by atoms with Gasteiger partial charge in [0.25, 0.3) is 5.91 Å². The number of hydrogen-bond acceptors (Lipinski definition) is 4. The topological polar surface area (TPSA) is 75.7 Å². The second-order valence-electron chi connectivity index (χ2n) is 6.45. The molecule has 0 unspecified atom stereocenters. The number of imide groups is 1. The Morgan fingerprint density at radius 2 is 1.73 bits per heavy atom. The SMILES string of the molecule is O=C(Nc1ccc(CN2C(=O)CCC2=O)cc1)c1ccc2c(c1)CCO2. The van der Waals surface area contributed by atoms with Gasteiger partial charge in [0, 0.05) is 30.5 Å². The molecule has 1 fully saturated rings. The summed E-state index contributed by atoms with van der Waals surface area (Å²) in [5.74, 6) is 0.398. The number of carbonyl (C=O) groups excluding carboxylic acids is 3. The monoisotopic (exact) mass is 350 g/mol. The minimum absolute atomic E-state index is 0.132. The summed E-state index contributed by atoms with van der Waals surface area (Å²) in [5, 5.41) is 2.86. The molecular formula is C20H18N2O4. The summed E-state index contributed by atoms with van der Waals surface area (Å²) in [5.41, 5.74) is 3.15. The molecule has 0 atom stereocenters. The Balaban J connectivity index is 1.41. The summed E-state index contributed by atoms with van der Waals surface area (Å²) in [6.07, 6.45) is 1.40. The van der Waals surface area contributed by atoms with Gasteiger partial charge in [-0.1, -0.05) is 12.1 Å². The smallest absolute Gasteiger partial charge is 0.255 e. The Kier molecular flexibility index (Phi) is 4.16. The van der Waals surface area contributed by atoms with Gasteiger partial charge < -0.3 is 10.1 Å². The third-order valence-corrected chi connectivity index (χ3v) is 4.66. The first-order chi connectivity index (χ1) is 12.6. The first kappa shape index (κ1) is 16.3. The van der Waals surface area contributed by atoms with Gasteiger partial charge in [0.1, 0.15) is 5.75 Å². The molecule has 2 aliphatic heterocycles. The molecule has 0 spiro atoms. The van der Waals surface area contributed by atoms with Crippen molar-refractivity contribution in [1.82, 2.24) is 4.90 Å². The van der Waals surface area contributed by atoms with Crippen LogP contribution in [0.25, 0.3) is 0 Å². The van der Waals surface area contributed by atoms with Crippen molar-refractivity contribution in [2.75, 3.05) is 11.9 Å². The van der Waals surface area contributed by atoms with Gasteiger partial charge in [-0.25, -0.2) is 0 Å². The molecule has 2 aliphatic rings. The number of nitrogens with one attached hydrogen (secondary N) is 1. The molecule has 2 heterocycles. The summed E-state index contributed by atoms with van der Waals surface area (Å²) in [7, 11) is 0. The number of anilines is 1. The number of benzene rings is 2. The van der Waals surface area contributed by atoms with Gasteiger partial charge in [0.15, 0.2) is 0 Å². The van der Waals surface area contributed by atoms with Gasteiger partial charge in [-0.05, 0) is 41.5 Å². The van der Waals surface area contributed by atoms with E-state index in [4.69, 9.17) is 4.74 Å². The second-order valence-corrected chi connectivity index (χ2v) is 6.45. The first-order valence-electron chi connectivity index (χ1n) is 8.59. The number of fused-ring (bicyclic) bond motifs is 1. The molecule has 0 bridgehead atoms. The number of amides is 3. The highest BCUT2D eigenvalue weighted by molar-refractivity contribution is 6.04. The van der Waals surface area contributed by atoms with Crippen LogP contribution in [0.15, 0.2) is 42.5 Å². The predicted octanol–water partition coefficient (Wildman–Crippen LogP) is 2.52. The van der Waals surface area contributed by atoms with Crippen molar-refractivity contribution in [3.63, 3.8) is 0 Å². The summed E-state index contributed by atoms with van der Waals surface area (Å²) < 4.78 is 5.45. The van der Waals surface area contributed by atoms with Crippen LogP contribution in [0.3, 0.4) is 0 Å². The molecule has 6 heteroatoms. The van der Waals surface area contributed by atoms with Crippen LogP contribution in [-0.4, -0.2) is 29.2 Å². The van der Waals surface area contributed by atoms with Crippen LogP contribution in [-0.2, 0) is 22.6 Å². The van der Waals surface area contributed by atoms with E-state index in [0.29, 0.717) is 30.7 Å². The number of rotatable bonds is 4. The van der Waals surface area contributed by atoms with Gasteiger partial charge in [0.2, 0.25) is 11.8 Å². The van der Waals surface area contributed by atoms with E-state index in [1.165, 1.54) is 4.90 Å². The fourth-order valence-corrected chi connectivity index (χ4v) is 3.21. The molecule has 2 aromatic rings. The van der Waals surface area contributed by atoms with Crippen LogP contribution in [0.2, 0.25) is 0 Å². The van der Waals surface area contributed by atoms with Crippen molar-refractivity contribution in [1.29, 1.82) is 0 Å². The summed E-state index contributed by atoms with van der Waals surface area (Å²) in [6, 6.07) is 12.6. The van der Waals surface area contributed by atoms with Crippen LogP contribution in [0.4, 0.5) is 5.69 Å². The summed E-state index contributed by atoms with van der Waals surface area (Å²) in [4.78, 5) is 37.0. The minimum atomic E-state index is -0.183. The van der Waals surface area contributed by atoms with Crippen molar-refractivity contribution in [2.45, 2.75) is 25.8 Å². The lowest BCUT2D eigenvalue weighted by molar-refractivity contribution is -0.139. The van der Waals surface area contributed by atoms with Crippen molar-refractivity contribution >= 4 is 23.4 Å². The van der Waals surface area contributed by atoms with E-state index in [1.807, 2.05) is 24.3 Å². The van der Waals surface area contributed by atoms with Crippen molar-refractivity contribution < 1.29 is 19.1 Å². The average Bonchev–Trinajstić information content (AvgIpc) is 3.24. The highest BCUT2D eigenvalue weighted by Crippen LogP contribution is 2.26. The quantitative estimate of drug-likeness (QED) is 0.860. The number of carbonyl (C=O) groups is 3. The highest BCUT2D eigenvalue weighted by Gasteiger charge is 2.28. The number of ether oxygens (including phenoxy) is 1. The fraction of sp³-hybridized carbons (Fsp3) is 0.250. The Bertz CT molecular complexity index is 873. The lowest BCUT2D eigenvalue weighted by atomic mass is 10.1. The molecule has 0 saturated carbocycles. The minimum Gasteiger partial charge on any atom is -0.493 e. The van der Waals surface area contributed by atoms with Crippen LogP contribution in [0.1, 0.15) is 34.3 Å². The van der Waals surface area contributed by atoms with Crippen molar-refractivity contribution in [2.24, 2.45) is 0 Å². The zero-order chi connectivity index (χ0) is 18.1. The average molecular weight is 350 g/mol. The van der Waals surface area contributed by atoms with E-state index >= 15 is 0 Å². The Morgan fingerprint density at radius 3 is 2.46 bits per heavy atom. The standard InChI is InChI=1S/C20H18N2O4/c23-18-7-8-19(24)22(18)12-13-1-4-16(5-2-13)21-20(25)15-3-6-17-14(11-15)9-10-26-17/h1-6,11H,7-10,12H2,(H,21,25). The zero-order valence-corrected chi connectivity index (χ0v) is 14.2. The molecule has 1 N–H and O–H groups in total. The van der Waals surface area contributed by atoms with E-state index in [2.05, 4.69) is 5.32 Å². The molecule has 3 amide bonds. The second kappa shape index (κ2) is 6.63. The van der Waals surface area contributed by atoms with E-state index in [9.17, 15) is 14.4 Å². The van der Waals surface area contributed by atoms with E-state index in [1.54, 1.807) is 18.2 Å². The largest absolute Gasteiger partial charge is 0.493 e. The van der Waals surface area contributed by atoms with Crippen molar-refractivity contribution in [3.8, 4) is 5.75 Å². The van der Waals surface area contributed by atoms with Gasteiger partial charge in [-0.15, -0.1) is 0 Å². The van der Waals surface area contributed by atoms with Crippen LogP contribution in [0, 0.1) is 0 Å². The van der Waals surface area contributed by atoms with Crippen LogP contribution >= 0.6 is 0 Å². The maximum absolute atomic E-state index is 12.4. The fourth-order valence-electron chi connectivity index (χ4n) is 3.21. The summed E-state index contributed by atoms with van der Waals surface area (Å²) >= 11 is 0. The third kappa shape index (κ3) is 3.18. The number of nitrogens with zero attached hydrogens (tertiary/aromatic N) is 1. The highest BCUT2D eigenvalue weighted by atomic mass is 16.5. The predicted molar refractivity (Wildman–Crippen MR) is 94.8 cm³/mol. The van der Waals surface area contributed by atoms with Gasteiger partial charge in [-0.3, -0.25) is 19.3 Å². The van der Waals surface area contributed by atoms with Gasteiger partial charge in [-0.2, -0.15) is 0 Å². The molecule has 2 aromatic carbocycles.